The Kier molecular flexibility index (Phi) is 4.72. The highest BCUT2D eigenvalue weighted by molar-refractivity contribution is 5.75. The maximum atomic E-state index is 13.4. The van der Waals surface area contributed by atoms with Gasteiger partial charge in [-0.2, -0.15) is 0 Å². The predicted molar refractivity (Wildman–Crippen MR) is 58.5 cm³/mol. The molecule has 0 heterocycles. The third-order valence-electron chi connectivity index (χ3n) is 2.12. The van der Waals surface area contributed by atoms with Gasteiger partial charge in [0.25, 0.3) is 0 Å². The second kappa shape index (κ2) is 6.07. The summed E-state index contributed by atoms with van der Waals surface area (Å²) in [5.74, 6) is -0.473. The lowest BCUT2D eigenvalue weighted by molar-refractivity contribution is -0.121. The summed E-state index contributed by atoms with van der Waals surface area (Å²) in [4.78, 5) is 10.9. The maximum absolute atomic E-state index is 13.4. The molecular formula is C11H15FN2O2. The molecule has 16 heavy (non-hydrogen) atoms. The molecule has 4 nitrogen and oxygen atoms in total. The normalized spacial score (nSPS) is 9.94. The van der Waals surface area contributed by atoms with Gasteiger partial charge in [0.05, 0.1) is 13.0 Å². The number of para-hydroxylation sites is 1. The fraction of sp³-hybridized carbons (Fsp3) is 0.364. The van der Waals surface area contributed by atoms with Gasteiger partial charge in [0.15, 0.2) is 11.6 Å². The Morgan fingerprint density at radius 2 is 2.31 bits per heavy atom. The minimum Gasteiger partial charge on any atom is -0.490 e. The van der Waals surface area contributed by atoms with Crippen LogP contribution in [-0.2, 0) is 11.3 Å². The molecule has 0 atom stereocenters. The molecule has 0 radical (unpaired) electrons. The van der Waals surface area contributed by atoms with Gasteiger partial charge in [-0.3, -0.25) is 4.79 Å². The second-order valence-corrected chi connectivity index (χ2v) is 3.20. The Labute approximate surface area is 93.6 Å². The Balaban J connectivity index is 2.62. The van der Waals surface area contributed by atoms with Gasteiger partial charge in [-0.15, -0.1) is 0 Å². The van der Waals surface area contributed by atoms with E-state index < -0.39 is 5.82 Å². The van der Waals surface area contributed by atoms with Crippen molar-refractivity contribution >= 4 is 5.91 Å². The lowest BCUT2D eigenvalue weighted by Crippen LogP contribution is -2.20. The Hall–Kier alpha value is -1.62. The van der Waals surface area contributed by atoms with E-state index in [1.165, 1.54) is 13.1 Å². The van der Waals surface area contributed by atoms with Gasteiger partial charge < -0.3 is 15.8 Å². The first kappa shape index (κ1) is 12.4. The monoisotopic (exact) mass is 226 g/mol. The highest BCUT2D eigenvalue weighted by Gasteiger charge is 2.09. The molecule has 0 saturated carbocycles. The van der Waals surface area contributed by atoms with Gasteiger partial charge in [-0.05, 0) is 6.07 Å². The summed E-state index contributed by atoms with van der Waals surface area (Å²) in [6.07, 6.45) is 0.189. The zero-order valence-corrected chi connectivity index (χ0v) is 9.13. The largest absolute Gasteiger partial charge is 0.490 e. The number of nitrogens with two attached hydrogens (primary N) is 1. The van der Waals surface area contributed by atoms with Crippen molar-refractivity contribution in [2.45, 2.75) is 13.0 Å². The van der Waals surface area contributed by atoms with Crippen LogP contribution in [0.25, 0.3) is 0 Å². The fourth-order valence-corrected chi connectivity index (χ4v) is 1.25. The molecule has 0 fully saturated rings. The molecule has 5 heteroatoms. The number of benzene rings is 1. The number of halogens is 1. The molecule has 0 aliphatic carbocycles. The van der Waals surface area contributed by atoms with Crippen LogP contribution in [0, 0.1) is 5.82 Å². The maximum Gasteiger partial charge on any atom is 0.223 e. The van der Waals surface area contributed by atoms with Crippen LogP contribution >= 0.6 is 0 Å². The molecule has 1 amide bonds. The third-order valence-corrected chi connectivity index (χ3v) is 2.12. The van der Waals surface area contributed by atoms with Crippen LogP contribution in [0.5, 0.6) is 5.75 Å². The molecule has 88 valence electrons. The standard InChI is InChI=1S/C11H15FN2O2/c1-14-10(15)5-6-16-11-8(7-13)3-2-4-9(11)12/h2-4H,5-7,13H2,1H3,(H,14,15). The van der Waals surface area contributed by atoms with Crippen molar-refractivity contribution in [2.75, 3.05) is 13.7 Å². The van der Waals surface area contributed by atoms with Crippen LogP contribution in [0.2, 0.25) is 0 Å². The summed E-state index contributed by atoms with van der Waals surface area (Å²) in [5.41, 5.74) is 6.05. The molecule has 0 saturated heterocycles. The molecule has 0 aromatic heterocycles. The van der Waals surface area contributed by atoms with Gasteiger partial charge in [0, 0.05) is 19.2 Å². The zero-order valence-electron chi connectivity index (χ0n) is 9.13. The first-order valence-electron chi connectivity index (χ1n) is 5.00. The molecule has 1 aromatic rings. The molecule has 0 aliphatic rings. The first-order chi connectivity index (χ1) is 7.69. The summed E-state index contributed by atoms with van der Waals surface area (Å²) in [6, 6.07) is 4.57. The topological polar surface area (TPSA) is 64.3 Å². The van der Waals surface area contributed by atoms with Crippen molar-refractivity contribution < 1.29 is 13.9 Å². The number of amides is 1. The highest BCUT2D eigenvalue weighted by Crippen LogP contribution is 2.22. The van der Waals surface area contributed by atoms with Crippen LogP contribution in [0.3, 0.4) is 0 Å². The molecule has 1 aromatic carbocycles. The average Bonchev–Trinajstić information content (AvgIpc) is 2.30. The third kappa shape index (κ3) is 3.20. The quantitative estimate of drug-likeness (QED) is 0.780. The molecule has 3 N–H and O–H groups in total. The van der Waals surface area contributed by atoms with E-state index in [1.807, 2.05) is 0 Å². The molecule has 0 aliphatic heterocycles. The minimum absolute atomic E-state index is 0.133. The van der Waals surface area contributed by atoms with Crippen molar-refractivity contribution in [1.29, 1.82) is 0 Å². The summed E-state index contributed by atoms with van der Waals surface area (Å²) in [6.45, 7) is 0.334. The second-order valence-electron chi connectivity index (χ2n) is 3.20. The van der Waals surface area contributed by atoms with E-state index in [-0.39, 0.29) is 31.2 Å². The SMILES string of the molecule is CNC(=O)CCOc1c(F)cccc1CN. The summed E-state index contributed by atoms with van der Waals surface area (Å²) >= 11 is 0. The average molecular weight is 226 g/mol. The Morgan fingerprint density at radius 3 is 2.94 bits per heavy atom. The lowest BCUT2D eigenvalue weighted by Gasteiger charge is -2.10. The Bertz CT molecular complexity index is 369. The zero-order chi connectivity index (χ0) is 12.0. The van der Waals surface area contributed by atoms with E-state index in [1.54, 1.807) is 12.1 Å². The van der Waals surface area contributed by atoms with Gasteiger partial charge >= 0.3 is 0 Å². The van der Waals surface area contributed by atoms with Crippen molar-refractivity contribution in [1.82, 2.24) is 5.32 Å². The van der Waals surface area contributed by atoms with Crippen LogP contribution in [0.1, 0.15) is 12.0 Å². The molecule has 1 rings (SSSR count). The van der Waals surface area contributed by atoms with Crippen molar-refractivity contribution in [3.63, 3.8) is 0 Å². The van der Waals surface area contributed by atoms with Crippen LogP contribution < -0.4 is 15.8 Å². The number of ether oxygens (including phenoxy) is 1. The predicted octanol–water partition coefficient (Wildman–Crippen LogP) is 0.799. The van der Waals surface area contributed by atoms with E-state index in [0.29, 0.717) is 5.56 Å². The van der Waals surface area contributed by atoms with E-state index in [2.05, 4.69) is 5.32 Å². The molecular weight excluding hydrogens is 211 g/mol. The number of rotatable bonds is 5. The van der Waals surface area contributed by atoms with E-state index in [0.717, 1.165) is 0 Å². The van der Waals surface area contributed by atoms with Gasteiger partial charge in [-0.25, -0.2) is 4.39 Å². The number of nitrogens with one attached hydrogen (secondary N) is 1. The van der Waals surface area contributed by atoms with E-state index >= 15 is 0 Å². The summed E-state index contributed by atoms with van der Waals surface area (Å²) < 4.78 is 18.6. The van der Waals surface area contributed by atoms with Gasteiger partial charge in [-0.1, -0.05) is 12.1 Å². The van der Waals surface area contributed by atoms with Gasteiger partial charge in [0.2, 0.25) is 5.91 Å². The van der Waals surface area contributed by atoms with Gasteiger partial charge in [0.1, 0.15) is 0 Å². The smallest absolute Gasteiger partial charge is 0.223 e. The summed E-state index contributed by atoms with van der Waals surface area (Å²) in [7, 11) is 1.54. The number of carbonyl (C=O) groups excluding carboxylic acids is 1. The van der Waals surface area contributed by atoms with Crippen LogP contribution in [0.4, 0.5) is 4.39 Å². The Morgan fingerprint density at radius 1 is 1.56 bits per heavy atom. The number of hydrogen-bond donors (Lipinski definition) is 2. The van der Waals surface area contributed by atoms with Crippen LogP contribution in [-0.4, -0.2) is 19.6 Å². The van der Waals surface area contributed by atoms with Crippen LogP contribution in [0.15, 0.2) is 18.2 Å². The van der Waals surface area contributed by atoms with Crippen molar-refractivity contribution in [3.8, 4) is 5.75 Å². The summed E-state index contributed by atoms with van der Waals surface area (Å²) in [5, 5.41) is 2.46. The van der Waals surface area contributed by atoms with Crippen molar-refractivity contribution in [2.24, 2.45) is 5.73 Å². The first-order valence-corrected chi connectivity index (χ1v) is 5.00. The lowest BCUT2D eigenvalue weighted by atomic mass is 10.2. The number of hydrogen-bond acceptors (Lipinski definition) is 3. The van der Waals surface area contributed by atoms with Crippen molar-refractivity contribution in [3.05, 3.63) is 29.6 Å². The highest BCUT2D eigenvalue weighted by atomic mass is 19.1. The molecule has 0 bridgehead atoms. The fourth-order valence-electron chi connectivity index (χ4n) is 1.25. The van der Waals surface area contributed by atoms with E-state index in [4.69, 9.17) is 10.5 Å². The molecule has 0 spiro atoms. The number of carbonyl (C=O) groups is 1. The minimum atomic E-state index is -0.458. The molecule has 0 unspecified atom stereocenters. The van der Waals surface area contributed by atoms with E-state index in [9.17, 15) is 9.18 Å².